The number of nitrogens with two attached hydrogens (primary N) is 1. The van der Waals surface area contributed by atoms with Crippen LogP contribution in [0.25, 0.3) is 0 Å². The first-order chi connectivity index (χ1) is 23.2. The number of piperazine rings is 1. The predicted octanol–water partition coefficient (Wildman–Crippen LogP) is 4.10. The zero-order valence-corrected chi connectivity index (χ0v) is 29.0. The molecule has 0 saturated carbocycles. The number of piperidine rings is 4. The molecule has 0 aromatic heterocycles. The van der Waals surface area contributed by atoms with Gasteiger partial charge in [-0.15, -0.1) is 0 Å². The van der Waals surface area contributed by atoms with E-state index in [4.69, 9.17) is 17.3 Å². The molecule has 5 fully saturated rings. The highest BCUT2D eigenvalue weighted by atomic mass is 35.5. The molecule has 6 aliphatic rings. The van der Waals surface area contributed by atoms with Crippen LogP contribution in [-0.2, 0) is 22.4 Å². The molecule has 0 radical (unpaired) electrons. The van der Waals surface area contributed by atoms with E-state index < -0.39 is 5.92 Å². The topological polar surface area (TPSA) is 105 Å². The highest BCUT2D eigenvalue weighted by molar-refractivity contribution is 6.33. The van der Waals surface area contributed by atoms with Gasteiger partial charge in [-0.25, -0.2) is 4.79 Å². The van der Waals surface area contributed by atoms with Crippen molar-refractivity contribution in [1.82, 2.24) is 24.5 Å². The Morgan fingerprint density at radius 2 is 1.67 bits per heavy atom. The molecule has 6 aliphatic heterocycles. The number of carbonyl (C=O) groups excluding carboxylic acids is 3. The van der Waals surface area contributed by atoms with Crippen molar-refractivity contribution in [1.29, 1.82) is 0 Å². The van der Waals surface area contributed by atoms with Crippen LogP contribution in [0.4, 0.5) is 16.2 Å². The summed E-state index contributed by atoms with van der Waals surface area (Å²) in [6, 6.07) is 12.4. The molecule has 0 spiro atoms. The van der Waals surface area contributed by atoms with Crippen LogP contribution in [0.1, 0.15) is 48.8 Å². The van der Waals surface area contributed by atoms with Gasteiger partial charge in [0.25, 0.3) is 0 Å². The fourth-order valence-corrected chi connectivity index (χ4v) is 9.15. The van der Waals surface area contributed by atoms with Gasteiger partial charge in [0, 0.05) is 76.5 Å². The largest absolute Gasteiger partial charge is 0.397 e. The summed E-state index contributed by atoms with van der Waals surface area (Å²) < 4.78 is 0. The summed E-state index contributed by atoms with van der Waals surface area (Å²) >= 11 is 6.46. The van der Waals surface area contributed by atoms with Crippen LogP contribution in [0.5, 0.6) is 0 Å². The summed E-state index contributed by atoms with van der Waals surface area (Å²) in [6.07, 6.45) is 5.42. The molecule has 10 nitrogen and oxygen atoms in total. The standard InChI is InChI=1S/C37H50ClN7O3/c1-25-20-26(22-31(38)35(25)39)21-29(36(47)44-18-16-42(17-19-44)33-24-41-11-6-28(33)7-12-41)23-34(46)43-13-9-30(10-14-43)45-15-8-27-4-2-3-5-32(27)40-37(45)48/h2-5,20,22,28-30,33H,6-19,21,23-24,39H2,1H3,(H,40,48)/t29-,33?/m0/s1. The van der Waals surface area contributed by atoms with Crippen LogP contribution < -0.4 is 11.1 Å². The Morgan fingerprint density at radius 3 is 2.35 bits per heavy atom. The zero-order valence-electron chi connectivity index (χ0n) is 28.2. The van der Waals surface area contributed by atoms with E-state index in [0.29, 0.717) is 55.9 Å². The summed E-state index contributed by atoms with van der Waals surface area (Å²) in [6.45, 7) is 10.5. The second-order valence-corrected chi connectivity index (χ2v) is 15.0. The first-order valence-electron chi connectivity index (χ1n) is 18.0. The van der Waals surface area contributed by atoms with E-state index in [0.717, 1.165) is 67.2 Å². The maximum atomic E-state index is 14.2. The summed E-state index contributed by atoms with van der Waals surface area (Å²) in [4.78, 5) is 52.2. The molecule has 6 heterocycles. The molecule has 2 aromatic carbocycles. The predicted molar refractivity (Wildman–Crippen MR) is 189 cm³/mol. The van der Waals surface area contributed by atoms with Gasteiger partial charge in [-0.2, -0.15) is 0 Å². The van der Waals surface area contributed by atoms with Crippen LogP contribution in [0, 0.1) is 18.8 Å². The van der Waals surface area contributed by atoms with Gasteiger partial charge in [0.1, 0.15) is 0 Å². The third-order valence-electron chi connectivity index (χ3n) is 11.8. The van der Waals surface area contributed by atoms with E-state index in [1.54, 1.807) is 0 Å². The zero-order chi connectivity index (χ0) is 33.4. The number of amides is 4. The molecule has 11 heteroatoms. The van der Waals surface area contributed by atoms with Crippen LogP contribution in [-0.4, -0.2) is 120 Å². The fraction of sp³-hybridized carbons (Fsp3) is 0.595. The summed E-state index contributed by atoms with van der Waals surface area (Å²) in [5, 5.41) is 3.56. The number of nitrogen functional groups attached to an aromatic ring is 1. The van der Waals surface area contributed by atoms with Gasteiger partial charge in [-0.1, -0.05) is 35.9 Å². The molecule has 1 unspecified atom stereocenters. The highest BCUT2D eigenvalue weighted by Gasteiger charge is 2.40. The molecule has 3 N–H and O–H groups in total. The molecule has 258 valence electrons. The SMILES string of the molecule is Cc1cc(C[C@@H](CC(=O)N2CCC(N3CCc4ccccc4NC3=O)CC2)C(=O)N2CCN(C3CN4CCC3CC4)CC2)cc(Cl)c1N. The van der Waals surface area contributed by atoms with Crippen molar-refractivity contribution in [3.05, 3.63) is 58.1 Å². The van der Waals surface area contributed by atoms with Gasteiger partial charge in [-0.3, -0.25) is 14.5 Å². The Balaban J connectivity index is 0.986. The van der Waals surface area contributed by atoms with Crippen molar-refractivity contribution >= 4 is 40.8 Å². The lowest BCUT2D eigenvalue weighted by Crippen LogP contribution is -2.61. The molecule has 48 heavy (non-hydrogen) atoms. The smallest absolute Gasteiger partial charge is 0.322 e. The van der Waals surface area contributed by atoms with Crippen LogP contribution >= 0.6 is 11.6 Å². The molecule has 2 aromatic rings. The highest BCUT2D eigenvalue weighted by Crippen LogP contribution is 2.32. The number of nitrogens with zero attached hydrogens (tertiary/aromatic N) is 5. The molecular weight excluding hydrogens is 626 g/mol. The minimum absolute atomic E-state index is 0.00343. The number of hydrogen-bond donors (Lipinski definition) is 2. The Hall–Kier alpha value is -3.34. The number of para-hydroxylation sites is 1. The van der Waals surface area contributed by atoms with Gasteiger partial charge >= 0.3 is 6.03 Å². The van der Waals surface area contributed by atoms with E-state index in [2.05, 4.69) is 21.2 Å². The fourth-order valence-electron chi connectivity index (χ4n) is 8.86. The van der Waals surface area contributed by atoms with Crippen molar-refractivity contribution < 1.29 is 14.4 Å². The maximum Gasteiger partial charge on any atom is 0.322 e. The molecule has 2 atom stereocenters. The first-order valence-corrected chi connectivity index (χ1v) is 18.3. The third kappa shape index (κ3) is 7.03. The summed E-state index contributed by atoms with van der Waals surface area (Å²) in [7, 11) is 0. The van der Waals surface area contributed by atoms with Gasteiger partial charge in [0.2, 0.25) is 11.8 Å². The number of carbonyl (C=O) groups is 3. The van der Waals surface area contributed by atoms with Crippen molar-refractivity contribution in [2.75, 3.05) is 76.5 Å². The first kappa shape index (κ1) is 33.2. The number of benzene rings is 2. The van der Waals surface area contributed by atoms with E-state index >= 15 is 0 Å². The van der Waals surface area contributed by atoms with Crippen molar-refractivity contribution in [2.24, 2.45) is 11.8 Å². The molecule has 8 rings (SSSR count). The van der Waals surface area contributed by atoms with Gasteiger partial charge in [0.05, 0.1) is 16.6 Å². The average Bonchev–Trinajstić information content (AvgIpc) is 3.28. The van der Waals surface area contributed by atoms with Gasteiger partial charge in [0.15, 0.2) is 0 Å². The van der Waals surface area contributed by atoms with E-state index in [1.165, 1.54) is 25.9 Å². The third-order valence-corrected chi connectivity index (χ3v) is 12.1. The monoisotopic (exact) mass is 675 g/mol. The Bertz CT molecular complexity index is 1490. The Morgan fingerprint density at radius 1 is 0.938 bits per heavy atom. The average molecular weight is 676 g/mol. The Kier molecular flexibility index (Phi) is 9.85. The van der Waals surface area contributed by atoms with Crippen LogP contribution in [0.15, 0.2) is 36.4 Å². The lowest BCUT2D eigenvalue weighted by molar-refractivity contribution is -0.143. The van der Waals surface area contributed by atoms with Crippen LogP contribution in [0.3, 0.4) is 0 Å². The summed E-state index contributed by atoms with van der Waals surface area (Å²) in [5.41, 5.74) is 10.5. The maximum absolute atomic E-state index is 14.2. The Labute approximate surface area is 289 Å². The molecule has 0 aliphatic carbocycles. The van der Waals surface area contributed by atoms with Gasteiger partial charge in [-0.05, 0) is 93.3 Å². The normalized spacial score (nSPS) is 25.8. The number of hydrogen-bond acceptors (Lipinski definition) is 6. The van der Waals surface area contributed by atoms with Gasteiger partial charge < -0.3 is 30.7 Å². The number of fused-ring (bicyclic) bond motifs is 4. The van der Waals surface area contributed by atoms with E-state index in [-0.39, 0.29) is 30.3 Å². The number of urea groups is 1. The molecule has 5 saturated heterocycles. The van der Waals surface area contributed by atoms with Crippen molar-refractivity contribution in [2.45, 2.75) is 64.0 Å². The van der Waals surface area contributed by atoms with E-state index in [9.17, 15) is 14.4 Å². The molecule has 2 bridgehead atoms. The number of anilines is 2. The number of likely N-dealkylation sites (tertiary alicyclic amines) is 1. The quantitative estimate of drug-likeness (QED) is 0.429. The number of aryl methyl sites for hydroxylation is 1. The summed E-state index contributed by atoms with van der Waals surface area (Å²) in [5.74, 6) is 0.352. The lowest BCUT2D eigenvalue weighted by Gasteiger charge is -2.51. The lowest BCUT2D eigenvalue weighted by atomic mass is 9.83. The number of nitrogens with one attached hydrogen (secondary N) is 1. The van der Waals surface area contributed by atoms with Crippen molar-refractivity contribution in [3.8, 4) is 0 Å². The minimum atomic E-state index is -0.479. The van der Waals surface area contributed by atoms with Crippen LogP contribution in [0.2, 0.25) is 5.02 Å². The molecule has 4 amide bonds. The van der Waals surface area contributed by atoms with Crippen molar-refractivity contribution in [3.63, 3.8) is 0 Å². The second-order valence-electron chi connectivity index (χ2n) is 14.6. The number of rotatable bonds is 7. The minimum Gasteiger partial charge on any atom is -0.397 e. The van der Waals surface area contributed by atoms with E-state index in [1.807, 2.05) is 52.0 Å². The molecular formula is C37H50ClN7O3. The second kappa shape index (κ2) is 14.3. The number of halogens is 1.